The van der Waals surface area contributed by atoms with Crippen molar-refractivity contribution in [1.29, 1.82) is 0 Å². The molecule has 0 aliphatic carbocycles. The van der Waals surface area contributed by atoms with E-state index in [-0.39, 0.29) is 23.3 Å². The minimum absolute atomic E-state index is 0.185. The number of anilines is 1. The molecule has 0 aromatic heterocycles. The van der Waals surface area contributed by atoms with E-state index in [0.717, 1.165) is 26.2 Å². The quantitative estimate of drug-likeness (QED) is 0.825. The number of amides is 1. The van der Waals surface area contributed by atoms with Gasteiger partial charge >= 0.3 is 0 Å². The summed E-state index contributed by atoms with van der Waals surface area (Å²) < 4.78 is 23.0. The highest BCUT2D eigenvalue weighted by Gasteiger charge is 2.28. The fourth-order valence-electron chi connectivity index (χ4n) is 3.79. The normalized spacial score (nSPS) is 21.4. The van der Waals surface area contributed by atoms with E-state index in [1.165, 1.54) is 16.8 Å². The Kier molecular flexibility index (Phi) is 5.37. The first-order chi connectivity index (χ1) is 11.9. The zero-order valence-electron chi connectivity index (χ0n) is 15.2. The van der Waals surface area contributed by atoms with Gasteiger partial charge in [-0.3, -0.25) is 4.79 Å². The predicted molar refractivity (Wildman–Crippen MR) is 101 cm³/mol. The average Bonchev–Trinajstić information content (AvgIpc) is 2.59. The lowest BCUT2D eigenvalue weighted by molar-refractivity contribution is -0.132. The fraction of sp³-hybridized carbons (Fsp3) is 0.632. The largest absolute Gasteiger partial charge is 0.368 e. The van der Waals surface area contributed by atoms with Gasteiger partial charge in [0.05, 0.1) is 11.5 Å². The van der Waals surface area contributed by atoms with Gasteiger partial charge in [0.1, 0.15) is 9.84 Å². The lowest BCUT2D eigenvalue weighted by Gasteiger charge is -2.37. The number of hydrogen-bond acceptors (Lipinski definition) is 4. The van der Waals surface area contributed by atoms with Crippen molar-refractivity contribution in [2.75, 3.05) is 42.6 Å². The maximum Gasteiger partial charge on any atom is 0.222 e. The number of carbonyl (C=O) groups is 1. The Labute approximate surface area is 150 Å². The van der Waals surface area contributed by atoms with Crippen LogP contribution in [-0.2, 0) is 14.6 Å². The summed E-state index contributed by atoms with van der Waals surface area (Å²) in [5.74, 6) is 0.898. The molecular formula is C19H28N2O3S. The molecule has 2 heterocycles. The van der Waals surface area contributed by atoms with Crippen LogP contribution < -0.4 is 4.90 Å². The predicted octanol–water partition coefficient (Wildman–Crippen LogP) is 2.17. The molecule has 1 aromatic rings. The number of sulfone groups is 1. The summed E-state index contributed by atoms with van der Waals surface area (Å²) in [6, 6.07) is 6.37. The molecule has 138 valence electrons. The van der Waals surface area contributed by atoms with Crippen LogP contribution in [0.2, 0.25) is 0 Å². The second kappa shape index (κ2) is 7.36. The van der Waals surface area contributed by atoms with Crippen molar-refractivity contribution in [3.63, 3.8) is 0 Å². The van der Waals surface area contributed by atoms with Gasteiger partial charge in [-0.15, -0.1) is 0 Å². The van der Waals surface area contributed by atoms with Gasteiger partial charge in [0.25, 0.3) is 0 Å². The Bertz CT molecular complexity index is 723. The van der Waals surface area contributed by atoms with E-state index in [9.17, 15) is 13.2 Å². The molecule has 6 heteroatoms. The highest BCUT2D eigenvalue weighted by Crippen LogP contribution is 2.25. The second-order valence-electron chi connectivity index (χ2n) is 7.39. The highest BCUT2D eigenvalue weighted by atomic mass is 32.2. The summed E-state index contributed by atoms with van der Waals surface area (Å²) in [5.41, 5.74) is 3.87. The maximum atomic E-state index is 12.5. The molecule has 0 unspecified atom stereocenters. The smallest absolute Gasteiger partial charge is 0.222 e. The van der Waals surface area contributed by atoms with Crippen molar-refractivity contribution in [2.24, 2.45) is 5.92 Å². The number of carbonyl (C=O) groups excluding carboxylic acids is 1. The van der Waals surface area contributed by atoms with Gasteiger partial charge in [0, 0.05) is 38.3 Å². The number of piperazine rings is 1. The van der Waals surface area contributed by atoms with Crippen molar-refractivity contribution < 1.29 is 13.2 Å². The van der Waals surface area contributed by atoms with Crippen molar-refractivity contribution in [3.05, 3.63) is 29.3 Å². The Morgan fingerprint density at radius 2 is 1.72 bits per heavy atom. The lowest BCUT2D eigenvalue weighted by Crippen LogP contribution is -2.49. The van der Waals surface area contributed by atoms with E-state index in [4.69, 9.17) is 0 Å². The summed E-state index contributed by atoms with van der Waals surface area (Å²) >= 11 is 0. The zero-order valence-corrected chi connectivity index (χ0v) is 16.0. The lowest BCUT2D eigenvalue weighted by atomic mass is 9.98. The summed E-state index contributed by atoms with van der Waals surface area (Å²) in [5, 5.41) is 0. The van der Waals surface area contributed by atoms with Crippen LogP contribution in [0.4, 0.5) is 5.69 Å². The van der Waals surface area contributed by atoms with E-state index in [0.29, 0.717) is 19.3 Å². The third-order valence-corrected chi connectivity index (χ3v) is 7.40. The van der Waals surface area contributed by atoms with Gasteiger partial charge in [0.2, 0.25) is 5.91 Å². The number of hydrogen-bond donors (Lipinski definition) is 0. The third-order valence-electron chi connectivity index (χ3n) is 5.69. The van der Waals surface area contributed by atoms with Crippen LogP contribution in [0.25, 0.3) is 0 Å². The van der Waals surface area contributed by atoms with Crippen LogP contribution in [0.1, 0.15) is 30.4 Å². The molecule has 0 spiro atoms. The third kappa shape index (κ3) is 4.35. The van der Waals surface area contributed by atoms with E-state index in [2.05, 4.69) is 36.9 Å². The molecular weight excluding hydrogens is 336 g/mol. The van der Waals surface area contributed by atoms with Gasteiger partial charge in [-0.05, 0) is 49.8 Å². The first-order valence-corrected chi connectivity index (χ1v) is 11.0. The standard InChI is InChI=1S/C19H28N2O3S/c1-15-4-3-5-18(16(15)2)20-8-10-21(11-9-20)19(22)14-17-6-12-25(23,24)13-7-17/h3-5,17H,6-14H2,1-2H3. The van der Waals surface area contributed by atoms with Crippen molar-refractivity contribution >= 4 is 21.4 Å². The highest BCUT2D eigenvalue weighted by molar-refractivity contribution is 7.91. The Hall–Kier alpha value is -1.56. The van der Waals surface area contributed by atoms with E-state index in [1.807, 2.05) is 4.90 Å². The summed E-state index contributed by atoms with van der Waals surface area (Å²) in [4.78, 5) is 16.9. The molecule has 2 fully saturated rings. The first kappa shape index (κ1) is 18.2. The molecule has 2 aliphatic heterocycles. The van der Waals surface area contributed by atoms with E-state index >= 15 is 0 Å². The van der Waals surface area contributed by atoms with Gasteiger partial charge in [-0.25, -0.2) is 8.42 Å². The molecule has 25 heavy (non-hydrogen) atoms. The van der Waals surface area contributed by atoms with Crippen LogP contribution in [0, 0.1) is 19.8 Å². The Morgan fingerprint density at radius 1 is 1.08 bits per heavy atom. The van der Waals surface area contributed by atoms with Crippen LogP contribution in [0.3, 0.4) is 0 Å². The molecule has 0 saturated carbocycles. The number of nitrogens with zero attached hydrogens (tertiary/aromatic N) is 2. The van der Waals surface area contributed by atoms with Crippen LogP contribution in [0.15, 0.2) is 18.2 Å². The Morgan fingerprint density at radius 3 is 2.36 bits per heavy atom. The second-order valence-corrected chi connectivity index (χ2v) is 9.69. The number of rotatable bonds is 3. The van der Waals surface area contributed by atoms with Crippen LogP contribution in [-0.4, -0.2) is 56.9 Å². The molecule has 0 radical (unpaired) electrons. The van der Waals surface area contributed by atoms with Crippen LogP contribution in [0.5, 0.6) is 0 Å². The van der Waals surface area contributed by atoms with Crippen molar-refractivity contribution in [1.82, 2.24) is 4.90 Å². The van der Waals surface area contributed by atoms with E-state index in [1.54, 1.807) is 0 Å². The molecule has 5 nitrogen and oxygen atoms in total. The minimum Gasteiger partial charge on any atom is -0.368 e. The van der Waals surface area contributed by atoms with Crippen molar-refractivity contribution in [2.45, 2.75) is 33.1 Å². The Balaban J connectivity index is 1.52. The fourth-order valence-corrected chi connectivity index (χ4v) is 5.38. The topological polar surface area (TPSA) is 57.7 Å². The van der Waals surface area contributed by atoms with Crippen LogP contribution >= 0.6 is 0 Å². The van der Waals surface area contributed by atoms with Crippen molar-refractivity contribution in [3.8, 4) is 0 Å². The molecule has 3 rings (SSSR count). The molecule has 2 aliphatic rings. The van der Waals surface area contributed by atoms with Gasteiger partial charge < -0.3 is 9.80 Å². The summed E-state index contributed by atoms with van der Waals surface area (Å²) in [7, 11) is -2.85. The number of benzene rings is 1. The number of aryl methyl sites for hydroxylation is 1. The minimum atomic E-state index is -2.85. The first-order valence-electron chi connectivity index (χ1n) is 9.15. The molecule has 0 atom stereocenters. The average molecular weight is 365 g/mol. The zero-order chi connectivity index (χ0) is 18.0. The molecule has 1 amide bonds. The monoisotopic (exact) mass is 364 g/mol. The molecule has 1 aromatic carbocycles. The van der Waals surface area contributed by atoms with Gasteiger partial charge in [0.15, 0.2) is 0 Å². The van der Waals surface area contributed by atoms with E-state index < -0.39 is 9.84 Å². The van der Waals surface area contributed by atoms with Gasteiger partial charge in [-0.1, -0.05) is 12.1 Å². The maximum absolute atomic E-state index is 12.5. The molecule has 0 N–H and O–H groups in total. The molecule has 2 saturated heterocycles. The van der Waals surface area contributed by atoms with Gasteiger partial charge in [-0.2, -0.15) is 0 Å². The molecule has 0 bridgehead atoms. The SMILES string of the molecule is Cc1cccc(N2CCN(C(=O)CC3CCS(=O)(=O)CC3)CC2)c1C. The summed E-state index contributed by atoms with van der Waals surface area (Å²) in [6.07, 6.45) is 1.77. The summed E-state index contributed by atoms with van der Waals surface area (Å²) in [6.45, 7) is 7.49.